The molecule has 3 heteroatoms. The summed E-state index contributed by atoms with van der Waals surface area (Å²) in [5, 5.41) is 12.5. The van der Waals surface area contributed by atoms with Crippen LogP contribution >= 0.6 is 8.58 Å². The summed E-state index contributed by atoms with van der Waals surface area (Å²) in [6, 6.07) is 24.7. The second-order valence-electron chi connectivity index (χ2n) is 6.41. The minimum atomic E-state index is 0.382. The molecule has 128 valence electrons. The molecule has 1 atom stereocenters. The molecule has 3 aromatic carbocycles. The largest absolute Gasteiger partial charge is 0.507 e. The molecule has 0 aliphatic carbocycles. The van der Waals surface area contributed by atoms with Gasteiger partial charge in [0.25, 0.3) is 0 Å². The number of phenols is 1. The standard InChI is InChI=1S/C22H24NOP/c1-17-9-8-12-19(16-23(2)15-18-10-4-3-5-11-18)22(17)25-21-14-7-6-13-20(21)24/h3-14,24-25H,15-16H2,1-2H3. The topological polar surface area (TPSA) is 23.5 Å². The maximum absolute atomic E-state index is 10.1. The van der Waals surface area contributed by atoms with Gasteiger partial charge >= 0.3 is 0 Å². The highest BCUT2D eigenvalue weighted by Gasteiger charge is 2.11. The summed E-state index contributed by atoms with van der Waals surface area (Å²) < 4.78 is 0. The molecule has 2 nitrogen and oxygen atoms in total. The lowest BCUT2D eigenvalue weighted by Crippen LogP contribution is -2.22. The average Bonchev–Trinajstić information content (AvgIpc) is 2.60. The number of aryl methyl sites for hydroxylation is 1. The summed E-state index contributed by atoms with van der Waals surface area (Å²) in [7, 11) is 2.62. The van der Waals surface area contributed by atoms with E-state index in [-0.39, 0.29) is 0 Å². The average molecular weight is 349 g/mol. The Labute approximate surface area is 151 Å². The Morgan fingerprint density at radius 3 is 2.32 bits per heavy atom. The fourth-order valence-corrected chi connectivity index (χ4v) is 4.26. The van der Waals surface area contributed by atoms with Crippen molar-refractivity contribution in [3.8, 4) is 5.75 Å². The van der Waals surface area contributed by atoms with Gasteiger partial charge in [0.15, 0.2) is 0 Å². The highest BCUT2D eigenvalue weighted by molar-refractivity contribution is 7.56. The van der Waals surface area contributed by atoms with Crippen molar-refractivity contribution in [2.75, 3.05) is 7.05 Å². The summed E-state index contributed by atoms with van der Waals surface area (Å²) in [5.41, 5.74) is 3.94. The summed E-state index contributed by atoms with van der Waals surface area (Å²) in [6.45, 7) is 3.98. The summed E-state index contributed by atoms with van der Waals surface area (Å²) in [6.07, 6.45) is 0. The van der Waals surface area contributed by atoms with Crippen LogP contribution in [0.4, 0.5) is 0 Å². The van der Waals surface area contributed by atoms with E-state index in [9.17, 15) is 5.11 Å². The van der Waals surface area contributed by atoms with E-state index in [4.69, 9.17) is 0 Å². The minimum absolute atomic E-state index is 0.382. The Morgan fingerprint density at radius 2 is 1.56 bits per heavy atom. The number of hydrogen-bond acceptors (Lipinski definition) is 2. The number of phenolic OH excluding ortho intramolecular Hbond substituents is 1. The molecule has 0 spiro atoms. The maximum atomic E-state index is 10.1. The molecular weight excluding hydrogens is 325 g/mol. The van der Waals surface area contributed by atoms with Gasteiger partial charge in [0.1, 0.15) is 5.75 Å². The SMILES string of the molecule is Cc1cccc(CN(C)Cc2ccccc2)c1Pc1ccccc1O. The molecule has 1 unspecified atom stereocenters. The van der Waals surface area contributed by atoms with Crippen LogP contribution in [0.1, 0.15) is 16.7 Å². The Morgan fingerprint density at radius 1 is 0.840 bits per heavy atom. The molecule has 0 bridgehead atoms. The van der Waals surface area contributed by atoms with E-state index in [1.54, 1.807) is 6.07 Å². The molecular formula is C22H24NOP. The number of para-hydroxylation sites is 1. The molecule has 0 fully saturated rings. The Kier molecular flexibility index (Phi) is 5.86. The van der Waals surface area contributed by atoms with E-state index in [2.05, 4.69) is 67.4 Å². The first-order chi connectivity index (χ1) is 12.1. The number of nitrogens with zero attached hydrogens (tertiary/aromatic N) is 1. The molecule has 3 rings (SSSR count). The monoisotopic (exact) mass is 349 g/mol. The Balaban J connectivity index is 1.80. The van der Waals surface area contributed by atoms with Crippen molar-refractivity contribution >= 4 is 19.2 Å². The van der Waals surface area contributed by atoms with E-state index in [1.807, 2.05) is 18.2 Å². The van der Waals surface area contributed by atoms with Crippen LogP contribution in [-0.4, -0.2) is 17.1 Å². The summed E-state index contributed by atoms with van der Waals surface area (Å²) in [5.74, 6) is 0.382. The van der Waals surface area contributed by atoms with Gasteiger partial charge in [-0.1, -0.05) is 75.3 Å². The van der Waals surface area contributed by atoms with Gasteiger partial charge in [-0.2, -0.15) is 0 Å². The molecule has 0 saturated heterocycles. The van der Waals surface area contributed by atoms with Crippen molar-refractivity contribution in [3.05, 3.63) is 89.5 Å². The predicted molar refractivity (Wildman–Crippen MR) is 108 cm³/mol. The van der Waals surface area contributed by atoms with Crippen LogP contribution in [0.3, 0.4) is 0 Å². The van der Waals surface area contributed by atoms with Gasteiger partial charge < -0.3 is 5.11 Å². The maximum Gasteiger partial charge on any atom is 0.123 e. The van der Waals surface area contributed by atoms with Crippen LogP contribution < -0.4 is 10.6 Å². The first-order valence-corrected chi connectivity index (χ1v) is 9.49. The molecule has 0 radical (unpaired) electrons. The van der Waals surface area contributed by atoms with E-state index in [0.29, 0.717) is 14.3 Å². The number of rotatable bonds is 6. The van der Waals surface area contributed by atoms with E-state index < -0.39 is 0 Å². The van der Waals surface area contributed by atoms with Crippen LogP contribution in [0.5, 0.6) is 5.75 Å². The summed E-state index contributed by atoms with van der Waals surface area (Å²) >= 11 is 0. The molecule has 3 aromatic rings. The zero-order chi connectivity index (χ0) is 17.6. The van der Waals surface area contributed by atoms with E-state index in [1.165, 1.54) is 22.0 Å². The quantitative estimate of drug-likeness (QED) is 0.681. The van der Waals surface area contributed by atoms with Crippen LogP contribution in [0, 0.1) is 6.92 Å². The third kappa shape index (κ3) is 4.69. The number of benzene rings is 3. The zero-order valence-electron chi connectivity index (χ0n) is 14.7. The predicted octanol–water partition coefficient (Wildman–Crippen LogP) is 3.96. The zero-order valence-corrected chi connectivity index (χ0v) is 15.7. The van der Waals surface area contributed by atoms with E-state index in [0.717, 1.165) is 18.4 Å². The van der Waals surface area contributed by atoms with E-state index >= 15 is 0 Å². The fraction of sp³-hybridized carbons (Fsp3) is 0.182. The Bertz CT molecular complexity index is 832. The van der Waals surface area contributed by atoms with Crippen LogP contribution in [-0.2, 0) is 13.1 Å². The third-order valence-corrected chi connectivity index (χ3v) is 5.92. The van der Waals surface area contributed by atoms with Gasteiger partial charge in [0, 0.05) is 18.4 Å². The van der Waals surface area contributed by atoms with Gasteiger partial charge in [-0.15, -0.1) is 0 Å². The van der Waals surface area contributed by atoms with Gasteiger partial charge in [0.2, 0.25) is 0 Å². The summed E-state index contributed by atoms with van der Waals surface area (Å²) in [4.78, 5) is 2.34. The first kappa shape index (κ1) is 17.7. The van der Waals surface area contributed by atoms with Crippen molar-refractivity contribution in [1.29, 1.82) is 0 Å². The van der Waals surface area contributed by atoms with Crippen molar-refractivity contribution in [3.63, 3.8) is 0 Å². The van der Waals surface area contributed by atoms with Crippen molar-refractivity contribution in [1.82, 2.24) is 4.90 Å². The van der Waals surface area contributed by atoms with Gasteiger partial charge in [0.05, 0.1) is 0 Å². The fourth-order valence-electron chi connectivity index (χ4n) is 2.99. The molecule has 0 heterocycles. The highest BCUT2D eigenvalue weighted by Crippen LogP contribution is 2.22. The van der Waals surface area contributed by atoms with Crippen molar-refractivity contribution in [2.24, 2.45) is 0 Å². The molecule has 1 N–H and O–H groups in total. The lowest BCUT2D eigenvalue weighted by atomic mass is 10.1. The third-order valence-electron chi connectivity index (χ3n) is 4.26. The van der Waals surface area contributed by atoms with Crippen LogP contribution in [0.15, 0.2) is 72.8 Å². The molecule has 0 amide bonds. The molecule has 0 aliphatic heterocycles. The van der Waals surface area contributed by atoms with Crippen LogP contribution in [0.25, 0.3) is 0 Å². The first-order valence-electron chi connectivity index (χ1n) is 8.49. The lowest BCUT2D eigenvalue weighted by molar-refractivity contribution is 0.320. The van der Waals surface area contributed by atoms with Crippen molar-refractivity contribution in [2.45, 2.75) is 20.0 Å². The Hall–Kier alpha value is -2.15. The van der Waals surface area contributed by atoms with Gasteiger partial charge in [-0.25, -0.2) is 0 Å². The molecule has 0 aromatic heterocycles. The lowest BCUT2D eigenvalue weighted by Gasteiger charge is -2.20. The minimum Gasteiger partial charge on any atom is -0.507 e. The van der Waals surface area contributed by atoms with Crippen molar-refractivity contribution < 1.29 is 5.11 Å². The van der Waals surface area contributed by atoms with Crippen LogP contribution in [0.2, 0.25) is 0 Å². The second-order valence-corrected chi connectivity index (χ2v) is 7.70. The second kappa shape index (κ2) is 8.29. The molecule has 0 saturated carbocycles. The number of hydrogen-bond donors (Lipinski definition) is 1. The normalized spacial score (nSPS) is 11.5. The van der Waals surface area contributed by atoms with Gasteiger partial charge in [-0.3, -0.25) is 4.90 Å². The number of aromatic hydroxyl groups is 1. The van der Waals surface area contributed by atoms with Gasteiger partial charge in [-0.05, 0) is 42.0 Å². The molecule has 0 aliphatic rings. The molecule has 25 heavy (non-hydrogen) atoms. The smallest absolute Gasteiger partial charge is 0.123 e. The highest BCUT2D eigenvalue weighted by atomic mass is 31.1.